The number of hydrogen-bond acceptors (Lipinski definition) is 4. The summed E-state index contributed by atoms with van der Waals surface area (Å²) < 4.78 is 26.7. The first-order valence-corrected chi connectivity index (χ1v) is 7.92. The molecule has 106 valence electrons. The van der Waals surface area contributed by atoms with E-state index in [1.165, 1.54) is 10.4 Å². The SMILES string of the molecule is CCc1ccc(N)cc1S(=O)(=O)N1CCC(CO)C1. The largest absolute Gasteiger partial charge is 0.399 e. The van der Waals surface area contributed by atoms with E-state index in [4.69, 9.17) is 10.8 Å². The summed E-state index contributed by atoms with van der Waals surface area (Å²) in [6.45, 7) is 2.80. The van der Waals surface area contributed by atoms with Crippen LogP contribution in [-0.2, 0) is 16.4 Å². The summed E-state index contributed by atoms with van der Waals surface area (Å²) in [4.78, 5) is 0.300. The first-order valence-electron chi connectivity index (χ1n) is 6.48. The van der Waals surface area contributed by atoms with Gasteiger partial charge < -0.3 is 10.8 Å². The average molecular weight is 284 g/mol. The van der Waals surface area contributed by atoms with Crippen LogP contribution < -0.4 is 5.73 Å². The molecule has 2 rings (SSSR count). The van der Waals surface area contributed by atoms with E-state index in [-0.39, 0.29) is 12.5 Å². The van der Waals surface area contributed by atoms with E-state index in [1.54, 1.807) is 12.1 Å². The molecular formula is C13H20N2O3S. The molecule has 0 aliphatic carbocycles. The van der Waals surface area contributed by atoms with Gasteiger partial charge in [0.05, 0.1) is 4.90 Å². The zero-order valence-corrected chi connectivity index (χ0v) is 11.9. The van der Waals surface area contributed by atoms with Gasteiger partial charge >= 0.3 is 0 Å². The van der Waals surface area contributed by atoms with Crippen molar-refractivity contribution in [3.05, 3.63) is 23.8 Å². The standard InChI is InChI=1S/C13H20N2O3S/c1-2-11-3-4-12(14)7-13(11)19(17,18)15-6-5-10(8-15)9-16/h3-4,7,10,16H,2,5-6,8-9,14H2,1H3. The Kier molecular flexibility index (Phi) is 4.13. The minimum absolute atomic E-state index is 0.0313. The van der Waals surface area contributed by atoms with Gasteiger partial charge in [-0.05, 0) is 36.5 Å². The van der Waals surface area contributed by atoms with Gasteiger partial charge in [-0.3, -0.25) is 0 Å². The number of hydrogen-bond donors (Lipinski definition) is 2. The van der Waals surface area contributed by atoms with Gasteiger partial charge in [0, 0.05) is 25.4 Å². The Bertz CT molecular complexity index is 557. The molecule has 0 bridgehead atoms. The minimum atomic E-state index is -3.50. The van der Waals surface area contributed by atoms with Crippen molar-refractivity contribution >= 4 is 15.7 Å². The maximum absolute atomic E-state index is 12.6. The summed E-state index contributed by atoms with van der Waals surface area (Å²) in [6.07, 6.45) is 1.35. The Morgan fingerprint density at radius 3 is 2.79 bits per heavy atom. The van der Waals surface area contributed by atoms with Crippen molar-refractivity contribution in [3.8, 4) is 0 Å². The lowest BCUT2D eigenvalue weighted by Crippen LogP contribution is -2.30. The lowest BCUT2D eigenvalue weighted by molar-refractivity contribution is 0.233. The number of sulfonamides is 1. The Morgan fingerprint density at radius 2 is 2.21 bits per heavy atom. The van der Waals surface area contributed by atoms with Gasteiger partial charge in [0.15, 0.2) is 0 Å². The molecule has 1 unspecified atom stereocenters. The second-order valence-corrected chi connectivity index (χ2v) is 6.83. The second-order valence-electron chi connectivity index (χ2n) is 4.92. The second kappa shape index (κ2) is 5.48. The predicted octanol–water partition coefficient (Wildman–Crippen LogP) is 0.834. The molecule has 6 heteroatoms. The monoisotopic (exact) mass is 284 g/mol. The van der Waals surface area contributed by atoms with Gasteiger partial charge in [-0.1, -0.05) is 13.0 Å². The molecule has 1 atom stereocenters. The number of nitrogens with two attached hydrogens (primary N) is 1. The molecule has 0 spiro atoms. The molecule has 1 saturated heterocycles. The summed E-state index contributed by atoms with van der Waals surface area (Å²) in [5.74, 6) is 0.0425. The van der Waals surface area contributed by atoms with Crippen molar-refractivity contribution in [1.29, 1.82) is 0 Å². The minimum Gasteiger partial charge on any atom is -0.399 e. The average Bonchev–Trinajstić information content (AvgIpc) is 2.88. The van der Waals surface area contributed by atoms with Gasteiger partial charge in [0.1, 0.15) is 0 Å². The molecule has 3 N–H and O–H groups in total. The van der Waals surface area contributed by atoms with Crippen molar-refractivity contribution < 1.29 is 13.5 Å². The fourth-order valence-electron chi connectivity index (χ4n) is 2.41. The van der Waals surface area contributed by atoms with Gasteiger partial charge in [0.2, 0.25) is 10.0 Å². The smallest absolute Gasteiger partial charge is 0.243 e. The van der Waals surface area contributed by atoms with Crippen LogP contribution in [0.4, 0.5) is 5.69 Å². The normalized spacial score (nSPS) is 20.8. The molecular weight excluding hydrogens is 264 g/mol. The van der Waals surface area contributed by atoms with Crippen molar-refractivity contribution in [3.63, 3.8) is 0 Å². The van der Waals surface area contributed by atoms with Crippen LogP contribution in [0.2, 0.25) is 0 Å². The highest BCUT2D eigenvalue weighted by Crippen LogP contribution is 2.27. The summed E-state index contributed by atoms with van der Waals surface area (Å²) >= 11 is 0. The maximum atomic E-state index is 12.6. The number of anilines is 1. The van der Waals surface area contributed by atoms with Crippen molar-refractivity contribution in [2.24, 2.45) is 5.92 Å². The Morgan fingerprint density at radius 1 is 1.47 bits per heavy atom. The number of nitrogens with zero attached hydrogens (tertiary/aromatic N) is 1. The highest BCUT2D eigenvalue weighted by molar-refractivity contribution is 7.89. The Hall–Kier alpha value is -1.11. The maximum Gasteiger partial charge on any atom is 0.243 e. The van der Waals surface area contributed by atoms with Gasteiger partial charge in [-0.2, -0.15) is 4.31 Å². The van der Waals surface area contributed by atoms with Gasteiger partial charge in [-0.25, -0.2) is 8.42 Å². The summed E-state index contributed by atoms with van der Waals surface area (Å²) in [7, 11) is -3.50. The first kappa shape index (κ1) is 14.3. The molecule has 1 aliphatic rings. The number of aliphatic hydroxyl groups is 1. The van der Waals surface area contributed by atoms with E-state index in [1.807, 2.05) is 6.92 Å². The van der Waals surface area contributed by atoms with Crippen LogP contribution in [0, 0.1) is 5.92 Å². The van der Waals surface area contributed by atoms with E-state index in [9.17, 15) is 8.42 Å². The van der Waals surface area contributed by atoms with Crippen LogP contribution in [0.5, 0.6) is 0 Å². The van der Waals surface area contributed by atoms with E-state index in [0.29, 0.717) is 36.5 Å². The van der Waals surface area contributed by atoms with Crippen molar-refractivity contribution in [1.82, 2.24) is 4.31 Å². The van der Waals surface area contributed by atoms with Crippen LogP contribution in [0.3, 0.4) is 0 Å². The van der Waals surface area contributed by atoms with Gasteiger partial charge in [-0.15, -0.1) is 0 Å². The quantitative estimate of drug-likeness (QED) is 0.802. The molecule has 1 aromatic carbocycles. The number of aliphatic hydroxyl groups excluding tert-OH is 1. The van der Waals surface area contributed by atoms with Crippen molar-refractivity contribution in [2.45, 2.75) is 24.7 Å². The highest BCUT2D eigenvalue weighted by Gasteiger charge is 2.33. The topological polar surface area (TPSA) is 83.6 Å². The fraction of sp³-hybridized carbons (Fsp3) is 0.538. The number of rotatable bonds is 4. The van der Waals surface area contributed by atoms with E-state index in [2.05, 4.69) is 0 Å². The molecule has 1 aliphatic heterocycles. The summed E-state index contributed by atoms with van der Waals surface area (Å²) in [5, 5.41) is 9.12. The molecule has 0 radical (unpaired) electrons. The molecule has 1 fully saturated rings. The first-order chi connectivity index (χ1) is 8.98. The third kappa shape index (κ3) is 2.75. The van der Waals surface area contributed by atoms with Crippen LogP contribution in [0.1, 0.15) is 18.9 Å². The third-order valence-electron chi connectivity index (χ3n) is 3.60. The van der Waals surface area contributed by atoms with Crippen LogP contribution in [0.25, 0.3) is 0 Å². The van der Waals surface area contributed by atoms with E-state index in [0.717, 1.165) is 5.56 Å². The van der Waals surface area contributed by atoms with E-state index < -0.39 is 10.0 Å². The number of benzene rings is 1. The molecule has 0 saturated carbocycles. The molecule has 0 amide bonds. The van der Waals surface area contributed by atoms with Crippen LogP contribution >= 0.6 is 0 Å². The van der Waals surface area contributed by atoms with Crippen LogP contribution in [-0.4, -0.2) is 37.5 Å². The lowest BCUT2D eigenvalue weighted by Gasteiger charge is -2.18. The summed E-state index contributed by atoms with van der Waals surface area (Å²) in [6, 6.07) is 5.01. The van der Waals surface area contributed by atoms with Crippen molar-refractivity contribution in [2.75, 3.05) is 25.4 Å². The third-order valence-corrected chi connectivity index (χ3v) is 5.54. The number of nitrogen functional groups attached to an aromatic ring is 1. The lowest BCUT2D eigenvalue weighted by atomic mass is 10.1. The van der Waals surface area contributed by atoms with Gasteiger partial charge in [0.25, 0.3) is 0 Å². The predicted molar refractivity (Wildman–Crippen MR) is 74.2 cm³/mol. The fourth-order valence-corrected chi connectivity index (χ4v) is 4.27. The molecule has 1 aromatic rings. The Balaban J connectivity index is 2.37. The molecule has 1 heterocycles. The zero-order valence-electron chi connectivity index (χ0n) is 11.0. The van der Waals surface area contributed by atoms with Crippen LogP contribution in [0.15, 0.2) is 23.1 Å². The number of aryl methyl sites for hydroxylation is 1. The Labute approximate surface area is 114 Å². The molecule has 19 heavy (non-hydrogen) atoms. The highest BCUT2D eigenvalue weighted by atomic mass is 32.2. The molecule has 5 nitrogen and oxygen atoms in total. The summed E-state index contributed by atoms with van der Waals surface area (Å²) in [5.41, 5.74) is 6.94. The van der Waals surface area contributed by atoms with E-state index >= 15 is 0 Å². The molecule has 0 aromatic heterocycles. The zero-order chi connectivity index (χ0) is 14.0.